The normalized spacial score (nSPS) is 16.3. The van der Waals surface area contributed by atoms with Gasteiger partial charge in [-0.05, 0) is 56.2 Å². The van der Waals surface area contributed by atoms with Gasteiger partial charge in [0.05, 0.1) is 41.2 Å². The van der Waals surface area contributed by atoms with Gasteiger partial charge in [0, 0.05) is 25.0 Å². The number of nitrogens with zero attached hydrogens (tertiary/aromatic N) is 4. The molecule has 9 heteroatoms. The smallest absolute Gasteiger partial charge is 0.253 e. The molecule has 0 spiro atoms. The Bertz CT molecular complexity index is 1050. The number of aromatic nitrogens is 1. The summed E-state index contributed by atoms with van der Waals surface area (Å²) in [6, 6.07) is 11.6. The minimum absolute atomic E-state index is 0.00296. The summed E-state index contributed by atoms with van der Waals surface area (Å²) in [5.41, 5.74) is 13.4. The first kappa shape index (κ1) is 22.7. The molecule has 0 saturated carbocycles. The second-order valence-corrected chi connectivity index (χ2v) is 7.80. The fourth-order valence-corrected chi connectivity index (χ4v) is 3.57. The Balaban J connectivity index is 1.76. The highest BCUT2D eigenvalue weighted by molar-refractivity contribution is 6.20. The van der Waals surface area contributed by atoms with Crippen LogP contribution in [-0.4, -0.2) is 35.4 Å². The molecule has 0 atom stereocenters. The van der Waals surface area contributed by atoms with Gasteiger partial charge in [0.25, 0.3) is 5.91 Å². The Labute approximate surface area is 186 Å². The number of nitriles is 1. The van der Waals surface area contributed by atoms with Crippen molar-refractivity contribution in [2.45, 2.75) is 31.7 Å². The number of nitrogens with two attached hydrogens (primary N) is 2. The highest BCUT2D eigenvalue weighted by Gasteiger charge is 2.34. The van der Waals surface area contributed by atoms with Crippen LogP contribution in [0.4, 0.5) is 15.8 Å². The standard InChI is InChI=1S/C23H26FN7O/c1-16-2-7-19(14-28-16)31-12-9-23(8-11-25,10-13-31)29-15-20(22(27)32)21(26)30-18-5-3-17(24)4-6-18/h2-7,14-15,29H,8-10,12-13H2,1H3,(H2,26,30)(H2,27,32)/b20-15+. The van der Waals surface area contributed by atoms with Crippen molar-refractivity contribution in [2.75, 3.05) is 18.0 Å². The largest absolute Gasteiger partial charge is 0.384 e. The molecule has 1 amide bonds. The number of rotatable bonds is 7. The zero-order chi connectivity index (χ0) is 23.1. The molecule has 32 heavy (non-hydrogen) atoms. The van der Waals surface area contributed by atoms with Crippen LogP contribution in [0, 0.1) is 24.1 Å². The quantitative estimate of drug-likeness (QED) is 0.347. The maximum Gasteiger partial charge on any atom is 0.253 e. The van der Waals surface area contributed by atoms with Gasteiger partial charge in [-0.3, -0.25) is 9.78 Å². The number of primary amides is 1. The van der Waals surface area contributed by atoms with Crippen molar-refractivity contribution in [1.29, 1.82) is 5.26 Å². The van der Waals surface area contributed by atoms with E-state index in [0.717, 1.165) is 24.5 Å². The number of pyridine rings is 1. The number of hydrogen-bond acceptors (Lipinski definition) is 6. The molecule has 5 N–H and O–H groups in total. The molecule has 1 saturated heterocycles. The minimum atomic E-state index is -0.754. The maximum absolute atomic E-state index is 13.1. The summed E-state index contributed by atoms with van der Waals surface area (Å²) >= 11 is 0. The highest BCUT2D eigenvalue weighted by atomic mass is 19.1. The van der Waals surface area contributed by atoms with Gasteiger partial charge >= 0.3 is 0 Å². The summed E-state index contributed by atoms with van der Waals surface area (Å²) < 4.78 is 13.1. The zero-order valence-electron chi connectivity index (χ0n) is 17.9. The molecule has 8 nitrogen and oxygen atoms in total. The van der Waals surface area contributed by atoms with E-state index < -0.39 is 17.3 Å². The van der Waals surface area contributed by atoms with E-state index in [-0.39, 0.29) is 17.8 Å². The third kappa shape index (κ3) is 5.60. The summed E-state index contributed by atoms with van der Waals surface area (Å²) in [4.78, 5) is 22.7. The number of amides is 1. The number of amidine groups is 1. The second kappa shape index (κ2) is 9.92. The molecule has 1 aliphatic heterocycles. The third-order valence-electron chi connectivity index (χ3n) is 5.54. The molecule has 0 radical (unpaired) electrons. The van der Waals surface area contributed by atoms with Crippen LogP contribution in [0.15, 0.2) is 59.4 Å². The van der Waals surface area contributed by atoms with Crippen LogP contribution in [0.3, 0.4) is 0 Å². The summed E-state index contributed by atoms with van der Waals surface area (Å²) in [5, 5.41) is 12.6. The number of aryl methyl sites for hydroxylation is 1. The second-order valence-electron chi connectivity index (χ2n) is 7.80. The van der Waals surface area contributed by atoms with E-state index in [1.165, 1.54) is 30.5 Å². The number of hydrogen-bond donors (Lipinski definition) is 3. The van der Waals surface area contributed by atoms with Crippen LogP contribution < -0.4 is 21.7 Å². The fourth-order valence-electron chi connectivity index (χ4n) is 3.57. The topological polar surface area (TPSA) is 133 Å². The van der Waals surface area contributed by atoms with Gasteiger partial charge in [-0.25, -0.2) is 9.38 Å². The van der Waals surface area contributed by atoms with E-state index in [4.69, 9.17) is 11.5 Å². The molecule has 166 valence electrons. The van der Waals surface area contributed by atoms with Gasteiger partial charge in [0.15, 0.2) is 0 Å². The number of benzene rings is 1. The lowest BCUT2D eigenvalue weighted by molar-refractivity contribution is -0.114. The highest BCUT2D eigenvalue weighted by Crippen LogP contribution is 2.29. The summed E-state index contributed by atoms with van der Waals surface area (Å²) in [7, 11) is 0. The van der Waals surface area contributed by atoms with E-state index in [1.54, 1.807) is 0 Å². The van der Waals surface area contributed by atoms with Crippen molar-refractivity contribution in [3.05, 3.63) is 65.9 Å². The van der Waals surface area contributed by atoms with Crippen LogP contribution in [0.5, 0.6) is 0 Å². The van der Waals surface area contributed by atoms with Crippen molar-refractivity contribution < 1.29 is 9.18 Å². The lowest BCUT2D eigenvalue weighted by atomic mass is 9.84. The number of carbonyl (C=O) groups is 1. The average molecular weight is 436 g/mol. The fraction of sp³-hybridized carbons (Fsp3) is 0.304. The molecule has 1 aromatic carbocycles. The third-order valence-corrected chi connectivity index (χ3v) is 5.54. The molecule has 0 aliphatic carbocycles. The summed E-state index contributed by atoms with van der Waals surface area (Å²) in [5.74, 6) is -1.25. The number of nitrogens with one attached hydrogen (secondary N) is 1. The van der Waals surface area contributed by atoms with Gasteiger partial charge in [0.2, 0.25) is 0 Å². The Morgan fingerprint density at radius 3 is 2.53 bits per heavy atom. The molecule has 0 unspecified atom stereocenters. The van der Waals surface area contributed by atoms with E-state index in [1.807, 2.05) is 25.3 Å². The Kier molecular flexibility index (Phi) is 7.05. The average Bonchev–Trinajstić information content (AvgIpc) is 2.77. The Morgan fingerprint density at radius 1 is 1.28 bits per heavy atom. The molecule has 2 heterocycles. The predicted octanol–water partition coefficient (Wildman–Crippen LogP) is 2.43. The van der Waals surface area contributed by atoms with Crippen molar-refractivity contribution in [1.82, 2.24) is 10.3 Å². The first-order valence-corrected chi connectivity index (χ1v) is 10.2. The molecule has 1 fully saturated rings. The summed E-state index contributed by atoms with van der Waals surface area (Å²) in [6.07, 6.45) is 4.88. The van der Waals surface area contributed by atoms with Crippen LogP contribution in [0.1, 0.15) is 25.0 Å². The number of carbonyl (C=O) groups excluding carboxylic acids is 1. The summed E-state index contributed by atoms with van der Waals surface area (Å²) in [6.45, 7) is 3.38. The number of aliphatic imine (C=N–C) groups is 1. The number of halogens is 1. The molecular formula is C23H26FN7O. The van der Waals surface area contributed by atoms with E-state index in [0.29, 0.717) is 18.5 Å². The zero-order valence-corrected chi connectivity index (χ0v) is 17.9. The SMILES string of the molecule is Cc1ccc(N2CCC(CC#N)(N/C=C(/C(N)=O)C(N)=Nc3ccc(F)cc3)CC2)cn1. The molecular weight excluding hydrogens is 409 g/mol. The molecule has 0 bridgehead atoms. The van der Waals surface area contributed by atoms with E-state index >= 15 is 0 Å². The van der Waals surface area contributed by atoms with E-state index in [2.05, 4.69) is 26.3 Å². The molecule has 1 aromatic heterocycles. The Morgan fingerprint density at radius 2 is 1.97 bits per heavy atom. The lowest BCUT2D eigenvalue weighted by Gasteiger charge is -2.42. The number of piperidine rings is 1. The lowest BCUT2D eigenvalue weighted by Crippen LogP contribution is -2.52. The van der Waals surface area contributed by atoms with Crippen molar-refractivity contribution in [3.8, 4) is 6.07 Å². The van der Waals surface area contributed by atoms with Crippen LogP contribution in [0.25, 0.3) is 0 Å². The van der Waals surface area contributed by atoms with Crippen molar-refractivity contribution >= 4 is 23.1 Å². The van der Waals surface area contributed by atoms with Crippen LogP contribution in [0.2, 0.25) is 0 Å². The van der Waals surface area contributed by atoms with Gasteiger partial charge in [-0.1, -0.05) is 0 Å². The minimum Gasteiger partial charge on any atom is -0.384 e. The monoisotopic (exact) mass is 435 g/mol. The molecule has 3 rings (SSSR count). The van der Waals surface area contributed by atoms with Gasteiger partial charge in [-0.2, -0.15) is 5.26 Å². The van der Waals surface area contributed by atoms with Crippen molar-refractivity contribution in [3.63, 3.8) is 0 Å². The molecule has 2 aromatic rings. The first-order chi connectivity index (χ1) is 15.3. The number of anilines is 1. The van der Waals surface area contributed by atoms with Crippen LogP contribution >= 0.6 is 0 Å². The maximum atomic E-state index is 13.1. The predicted molar refractivity (Wildman–Crippen MR) is 121 cm³/mol. The van der Waals surface area contributed by atoms with E-state index in [9.17, 15) is 14.4 Å². The Hall–Kier alpha value is -3.93. The van der Waals surface area contributed by atoms with Gasteiger partial charge in [0.1, 0.15) is 11.7 Å². The van der Waals surface area contributed by atoms with Crippen molar-refractivity contribution in [2.24, 2.45) is 16.5 Å². The van der Waals surface area contributed by atoms with Gasteiger partial charge in [-0.15, -0.1) is 0 Å². The first-order valence-electron chi connectivity index (χ1n) is 10.2. The van der Waals surface area contributed by atoms with Crippen LogP contribution in [-0.2, 0) is 4.79 Å². The van der Waals surface area contributed by atoms with Gasteiger partial charge < -0.3 is 21.7 Å². The molecule has 1 aliphatic rings.